The fraction of sp³-hybridized carbons (Fsp3) is 0.846. The first-order valence-corrected chi connectivity index (χ1v) is 7.09. The van der Waals surface area contributed by atoms with Gasteiger partial charge in [0.1, 0.15) is 6.54 Å². The summed E-state index contributed by atoms with van der Waals surface area (Å²) >= 11 is 0. The highest BCUT2D eigenvalue weighted by molar-refractivity contribution is 5.77. The predicted molar refractivity (Wildman–Crippen MR) is 73.5 cm³/mol. The largest absolute Gasteiger partial charge is 0.367 e. The maximum absolute atomic E-state index is 12.5. The van der Waals surface area contributed by atoms with Crippen LogP contribution in [0, 0.1) is 10.8 Å². The molecule has 110 valence electrons. The van der Waals surface area contributed by atoms with Crippen LogP contribution in [0.25, 0.3) is 0 Å². The molecule has 7 nitrogen and oxygen atoms in total. The van der Waals surface area contributed by atoms with E-state index in [-0.39, 0.29) is 23.8 Å². The fourth-order valence-corrected chi connectivity index (χ4v) is 4.29. The zero-order valence-electron chi connectivity index (χ0n) is 12.3. The van der Waals surface area contributed by atoms with Gasteiger partial charge in [0, 0.05) is 12.6 Å². The molecule has 1 aliphatic carbocycles. The highest BCUT2D eigenvalue weighted by Gasteiger charge is 2.50. The summed E-state index contributed by atoms with van der Waals surface area (Å²) in [5.74, 6) is 0.252. The maximum atomic E-state index is 12.5. The van der Waals surface area contributed by atoms with Crippen molar-refractivity contribution in [1.82, 2.24) is 25.1 Å². The van der Waals surface area contributed by atoms with Crippen molar-refractivity contribution in [3.8, 4) is 0 Å². The molecule has 1 aromatic rings. The van der Waals surface area contributed by atoms with Gasteiger partial charge in [-0.3, -0.25) is 4.79 Å². The number of amides is 1. The van der Waals surface area contributed by atoms with Crippen LogP contribution < -0.4 is 5.73 Å². The quantitative estimate of drug-likeness (QED) is 0.859. The lowest BCUT2D eigenvalue weighted by Gasteiger charge is -2.39. The second-order valence-corrected chi connectivity index (χ2v) is 7.43. The Labute approximate surface area is 118 Å². The number of likely N-dealkylation sites (tertiary alicyclic amines) is 1. The Morgan fingerprint density at radius 3 is 2.80 bits per heavy atom. The smallest absolute Gasteiger partial charge is 0.244 e. The van der Waals surface area contributed by atoms with Crippen LogP contribution >= 0.6 is 0 Å². The van der Waals surface area contributed by atoms with Crippen LogP contribution in [0.15, 0.2) is 0 Å². The van der Waals surface area contributed by atoms with Crippen LogP contribution in [0.4, 0.5) is 5.95 Å². The highest BCUT2D eigenvalue weighted by atomic mass is 16.2. The van der Waals surface area contributed by atoms with Gasteiger partial charge in [-0.15, -0.1) is 0 Å². The minimum absolute atomic E-state index is 0.0652. The minimum atomic E-state index is 0.0652. The van der Waals surface area contributed by atoms with Crippen molar-refractivity contribution in [3.05, 3.63) is 0 Å². The Bertz CT molecular complexity index is 539. The molecule has 3 rings (SSSR count). The first-order chi connectivity index (χ1) is 9.28. The molecule has 1 amide bonds. The zero-order chi connectivity index (χ0) is 14.5. The molecule has 2 fully saturated rings. The molecule has 20 heavy (non-hydrogen) atoms. The van der Waals surface area contributed by atoms with E-state index in [0.717, 1.165) is 19.4 Å². The molecule has 1 aromatic heterocycles. The molecule has 2 aliphatic rings. The normalized spacial score (nSPS) is 31.6. The van der Waals surface area contributed by atoms with E-state index >= 15 is 0 Å². The fourth-order valence-electron chi connectivity index (χ4n) is 4.29. The summed E-state index contributed by atoms with van der Waals surface area (Å²) < 4.78 is 1.36. The van der Waals surface area contributed by atoms with Crippen LogP contribution in [0.1, 0.15) is 40.0 Å². The third kappa shape index (κ3) is 2.25. The molecular weight excluding hydrogens is 256 g/mol. The number of aromatic nitrogens is 4. The van der Waals surface area contributed by atoms with Gasteiger partial charge in [0.25, 0.3) is 0 Å². The summed E-state index contributed by atoms with van der Waals surface area (Å²) in [7, 11) is 0. The first-order valence-electron chi connectivity index (χ1n) is 7.09. The number of nitrogens with zero attached hydrogens (tertiary/aromatic N) is 5. The molecule has 2 atom stereocenters. The topological polar surface area (TPSA) is 89.9 Å². The molecule has 1 saturated carbocycles. The average Bonchev–Trinajstić information content (AvgIpc) is 2.79. The SMILES string of the molecule is CC1(C)C[C@@H]2C[C@@](C)(CN2C(=O)Cn2nnnc2N)C1. The second kappa shape index (κ2) is 4.17. The molecule has 0 spiro atoms. The first kappa shape index (κ1) is 13.3. The van der Waals surface area contributed by atoms with Crippen molar-refractivity contribution in [1.29, 1.82) is 0 Å². The molecule has 7 heteroatoms. The lowest BCUT2D eigenvalue weighted by atomic mass is 9.65. The van der Waals surface area contributed by atoms with Crippen LogP contribution in [0.5, 0.6) is 0 Å². The predicted octanol–water partition coefficient (Wildman–Crippen LogP) is 0.682. The number of hydrogen-bond donors (Lipinski definition) is 1. The lowest BCUT2D eigenvalue weighted by molar-refractivity contribution is -0.133. The van der Waals surface area contributed by atoms with Gasteiger partial charge in [0.05, 0.1) is 0 Å². The third-order valence-electron chi connectivity index (χ3n) is 4.58. The van der Waals surface area contributed by atoms with Crippen LogP contribution in [0.3, 0.4) is 0 Å². The summed E-state index contributed by atoms with van der Waals surface area (Å²) in [6.07, 6.45) is 3.35. The number of anilines is 1. The van der Waals surface area contributed by atoms with Crippen LogP contribution in [-0.2, 0) is 11.3 Å². The zero-order valence-corrected chi connectivity index (χ0v) is 12.3. The maximum Gasteiger partial charge on any atom is 0.244 e. The van der Waals surface area contributed by atoms with Gasteiger partial charge in [0.2, 0.25) is 11.9 Å². The Morgan fingerprint density at radius 2 is 2.15 bits per heavy atom. The molecule has 0 unspecified atom stereocenters. The second-order valence-electron chi connectivity index (χ2n) is 7.43. The van der Waals surface area contributed by atoms with Crippen molar-refractivity contribution in [2.24, 2.45) is 10.8 Å². The van der Waals surface area contributed by atoms with E-state index < -0.39 is 0 Å². The van der Waals surface area contributed by atoms with Crippen molar-refractivity contribution in [2.45, 2.75) is 52.6 Å². The summed E-state index contributed by atoms with van der Waals surface area (Å²) in [4.78, 5) is 14.5. The number of nitrogen functional groups attached to an aromatic ring is 1. The molecular formula is C13H22N6O. The number of carbonyl (C=O) groups is 1. The summed E-state index contributed by atoms with van der Waals surface area (Å²) in [5, 5.41) is 10.8. The number of nitrogens with two attached hydrogens (primary N) is 1. The summed E-state index contributed by atoms with van der Waals surface area (Å²) in [6.45, 7) is 7.85. The van der Waals surface area contributed by atoms with E-state index in [1.165, 1.54) is 11.1 Å². The van der Waals surface area contributed by atoms with E-state index in [1.54, 1.807) is 0 Å². The number of hydrogen-bond acceptors (Lipinski definition) is 5. The molecule has 0 aromatic carbocycles. The Balaban J connectivity index is 1.75. The molecule has 1 aliphatic heterocycles. The Kier molecular flexibility index (Phi) is 2.78. The van der Waals surface area contributed by atoms with Gasteiger partial charge in [-0.05, 0) is 40.5 Å². The van der Waals surface area contributed by atoms with Gasteiger partial charge in [-0.1, -0.05) is 25.9 Å². The minimum Gasteiger partial charge on any atom is -0.367 e. The van der Waals surface area contributed by atoms with E-state index in [4.69, 9.17) is 5.73 Å². The lowest BCUT2D eigenvalue weighted by Crippen LogP contribution is -2.39. The summed E-state index contributed by atoms with van der Waals surface area (Å²) in [6, 6.07) is 0.342. The van der Waals surface area contributed by atoms with Crippen molar-refractivity contribution in [2.75, 3.05) is 12.3 Å². The number of fused-ring (bicyclic) bond motifs is 2. The monoisotopic (exact) mass is 278 g/mol. The highest BCUT2D eigenvalue weighted by Crippen LogP contribution is 2.52. The number of carbonyl (C=O) groups excluding carboxylic acids is 1. The number of tetrazole rings is 1. The van der Waals surface area contributed by atoms with E-state index in [2.05, 4.69) is 36.3 Å². The van der Waals surface area contributed by atoms with Crippen molar-refractivity contribution in [3.63, 3.8) is 0 Å². The van der Waals surface area contributed by atoms with Gasteiger partial charge in [0.15, 0.2) is 0 Å². The van der Waals surface area contributed by atoms with Crippen LogP contribution in [-0.4, -0.2) is 43.6 Å². The van der Waals surface area contributed by atoms with E-state index in [9.17, 15) is 4.79 Å². The van der Waals surface area contributed by atoms with Gasteiger partial charge < -0.3 is 10.6 Å². The Morgan fingerprint density at radius 1 is 1.40 bits per heavy atom. The molecule has 2 bridgehead atoms. The summed E-state index contributed by atoms with van der Waals surface area (Å²) in [5.41, 5.74) is 6.17. The van der Waals surface area contributed by atoms with Gasteiger partial charge in [-0.25, -0.2) is 4.68 Å². The standard InChI is InChI=1S/C13H22N6O/c1-12(2)4-9-5-13(3,7-12)8-18(9)10(20)6-19-11(14)15-16-17-19/h9H,4-8H2,1-3H3,(H2,14,15,17)/t9-,13-/m1/s1. The van der Waals surface area contributed by atoms with Crippen molar-refractivity contribution < 1.29 is 4.79 Å². The third-order valence-corrected chi connectivity index (χ3v) is 4.58. The average molecular weight is 278 g/mol. The van der Waals surface area contributed by atoms with Gasteiger partial charge >= 0.3 is 0 Å². The van der Waals surface area contributed by atoms with Crippen molar-refractivity contribution >= 4 is 11.9 Å². The van der Waals surface area contributed by atoms with Gasteiger partial charge in [-0.2, -0.15) is 0 Å². The number of rotatable bonds is 2. The van der Waals surface area contributed by atoms with E-state index in [0.29, 0.717) is 11.5 Å². The molecule has 2 heterocycles. The molecule has 0 radical (unpaired) electrons. The molecule has 1 saturated heterocycles. The van der Waals surface area contributed by atoms with E-state index in [1.807, 2.05) is 4.90 Å². The molecule has 2 N–H and O–H groups in total. The Hall–Kier alpha value is -1.66. The van der Waals surface area contributed by atoms with Crippen LogP contribution in [0.2, 0.25) is 0 Å².